The van der Waals surface area contributed by atoms with Crippen LogP contribution in [0.15, 0.2) is 45.4 Å². The summed E-state index contributed by atoms with van der Waals surface area (Å²) in [6.45, 7) is 6.01. The molecule has 0 amide bonds. The van der Waals surface area contributed by atoms with Gasteiger partial charge in [-0.25, -0.2) is 0 Å². The van der Waals surface area contributed by atoms with Crippen LogP contribution in [-0.2, 0) is 4.74 Å². The zero-order chi connectivity index (χ0) is 22.8. The van der Waals surface area contributed by atoms with Crippen molar-refractivity contribution in [1.29, 1.82) is 0 Å². The SMILES string of the molecule is C[C@]12CC[C@H]3[C@@H](CC=C4C[C@@H](O)CC[C@@]43C)[C@@H]1CC[C@@H]2C1CCN=C(c2ccc(Br)cc2)O1. The maximum atomic E-state index is 10.3. The van der Waals surface area contributed by atoms with Gasteiger partial charge in [0.1, 0.15) is 6.10 Å². The maximum absolute atomic E-state index is 10.3. The molecule has 3 fully saturated rings. The molecule has 8 atom stereocenters. The van der Waals surface area contributed by atoms with Crippen molar-refractivity contribution in [2.75, 3.05) is 6.54 Å². The minimum atomic E-state index is -0.115. The van der Waals surface area contributed by atoms with Gasteiger partial charge in [0.25, 0.3) is 0 Å². The molecule has 0 bridgehead atoms. The highest BCUT2D eigenvalue weighted by molar-refractivity contribution is 9.10. The lowest BCUT2D eigenvalue weighted by atomic mass is 9.47. The molecule has 0 aromatic heterocycles. The van der Waals surface area contributed by atoms with Crippen LogP contribution >= 0.6 is 15.9 Å². The predicted octanol–water partition coefficient (Wildman–Crippen LogP) is 6.92. The zero-order valence-electron chi connectivity index (χ0n) is 20.1. The number of benzene rings is 1. The van der Waals surface area contributed by atoms with Crippen LogP contribution in [0.5, 0.6) is 0 Å². The second-order valence-corrected chi connectivity index (χ2v) is 12.9. The predicted molar refractivity (Wildman–Crippen MR) is 136 cm³/mol. The largest absolute Gasteiger partial charge is 0.474 e. The third-order valence-electron chi connectivity index (χ3n) is 10.6. The molecule has 0 spiro atoms. The minimum Gasteiger partial charge on any atom is -0.474 e. The van der Waals surface area contributed by atoms with E-state index in [4.69, 9.17) is 9.73 Å². The number of hydrogen-bond acceptors (Lipinski definition) is 3. The summed E-state index contributed by atoms with van der Waals surface area (Å²) in [6.07, 6.45) is 13.4. The van der Waals surface area contributed by atoms with Crippen molar-refractivity contribution in [3.63, 3.8) is 0 Å². The minimum absolute atomic E-state index is 0.115. The van der Waals surface area contributed by atoms with Crippen LogP contribution in [0.3, 0.4) is 0 Å². The number of halogens is 1. The highest BCUT2D eigenvalue weighted by Crippen LogP contribution is 2.67. The van der Waals surface area contributed by atoms with Crippen LogP contribution in [0.1, 0.15) is 77.2 Å². The fourth-order valence-corrected chi connectivity index (χ4v) is 9.13. The standard InChI is InChI=1S/C29H38BrNO2/c1-28-14-11-21(32)17-19(28)5-8-22-23-9-10-25(29(23,2)15-12-24(22)28)26-13-16-31-27(33-26)18-3-6-20(30)7-4-18/h3-7,21-26,32H,8-17H2,1-2H3/t21-,22-,23-,24-,25+,26?,28-,29-/m0/s1. The van der Waals surface area contributed by atoms with E-state index in [0.717, 1.165) is 59.5 Å². The highest BCUT2D eigenvalue weighted by atomic mass is 79.9. The Hall–Kier alpha value is -1.13. The molecule has 3 saturated carbocycles. The van der Waals surface area contributed by atoms with E-state index in [0.29, 0.717) is 22.9 Å². The molecule has 0 radical (unpaired) electrons. The van der Waals surface area contributed by atoms with Crippen molar-refractivity contribution in [2.24, 2.45) is 39.5 Å². The summed E-state index contributed by atoms with van der Waals surface area (Å²) in [6, 6.07) is 8.39. The van der Waals surface area contributed by atoms with Gasteiger partial charge in [0, 0.05) is 28.9 Å². The van der Waals surface area contributed by atoms with Crippen molar-refractivity contribution in [3.05, 3.63) is 46.0 Å². The molecule has 1 aliphatic heterocycles. The average Bonchev–Trinajstić information content (AvgIpc) is 3.17. The number of hydrogen-bond donors (Lipinski definition) is 1. The Labute approximate surface area is 207 Å². The van der Waals surface area contributed by atoms with Crippen LogP contribution in [-0.4, -0.2) is 29.8 Å². The van der Waals surface area contributed by atoms with Gasteiger partial charge in [-0.2, -0.15) is 0 Å². The molecule has 1 aromatic carbocycles. The Balaban J connectivity index is 1.22. The van der Waals surface area contributed by atoms with Gasteiger partial charge >= 0.3 is 0 Å². The van der Waals surface area contributed by atoms with Crippen molar-refractivity contribution in [3.8, 4) is 0 Å². The Bertz CT molecular complexity index is 970. The van der Waals surface area contributed by atoms with E-state index in [1.54, 1.807) is 5.57 Å². The molecule has 1 unspecified atom stereocenters. The molecule has 178 valence electrons. The second kappa shape index (κ2) is 8.22. The van der Waals surface area contributed by atoms with E-state index < -0.39 is 0 Å². The van der Waals surface area contributed by atoms with E-state index in [1.165, 1.54) is 38.5 Å². The van der Waals surface area contributed by atoms with Gasteiger partial charge in [-0.05, 0) is 104 Å². The molecule has 1 heterocycles. The van der Waals surface area contributed by atoms with Gasteiger partial charge in [0.2, 0.25) is 5.90 Å². The van der Waals surface area contributed by atoms with Gasteiger partial charge in [-0.15, -0.1) is 0 Å². The van der Waals surface area contributed by atoms with Gasteiger partial charge < -0.3 is 9.84 Å². The van der Waals surface area contributed by atoms with Crippen LogP contribution in [0, 0.1) is 34.5 Å². The first-order chi connectivity index (χ1) is 15.9. The number of allylic oxidation sites excluding steroid dienone is 1. The highest BCUT2D eigenvalue weighted by Gasteiger charge is 2.60. The molecule has 1 aromatic rings. The van der Waals surface area contributed by atoms with E-state index in [9.17, 15) is 5.11 Å². The zero-order valence-corrected chi connectivity index (χ0v) is 21.7. The molecule has 4 aliphatic carbocycles. The number of nitrogens with zero attached hydrogens (tertiary/aromatic N) is 1. The van der Waals surface area contributed by atoms with Crippen molar-refractivity contribution in [2.45, 2.75) is 83.8 Å². The summed E-state index contributed by atoms with van der Waals surface area (Å²) in [5.74, 6) is 3.89. The molecule has 4 heteroatoms. The fourth-order valence-electron chi connectivity index (χ4n) is 8.86. The van der Waals surface area contributed by atoms with E-state index in [1.807, 2.05) is 0 Å². The Morgan fingerprint density at radius 1 is 0.970 bits per heavy atom. The first-order valence-electron chi connectivity index (χ1n) is 13.2. The van der Waals surface area contributed by atoms with Crippen LogP contribution in [0.4, 0.5) is 0 Å². The lowest BCUT2D eigenvalue weighted by Crippen LogP contribution is -2.51. The van der Waals surface area contributed by atoms with Crippen molar-refractivity contribution < 1.29 is 9.84 Å². The molecule has 1 N–H and O–H groups in total. The first-order valence-corrected chi connectivity index (χ1v) is 14.0. The number of rotatable bonds is 2. The van der Waals surface area contributed by atoms with Gasteiger partial charge in [0.05, 0.1) is 6.10 Å². The molecule has 3 nitrogen and oxygen atoms in total. The summed E-state index contributed by atoms with van der Waals surface area (Å²) in [5, 5.41) is 10.3. The first kappa shape index (κ1) is 22.3. The normalized spacial score (nSPS) is 44.6. The Kier molecular flexibility index (Phi) is 5.57. The van der Waals surface area contributed by atoms with Crippen LogP contribution in [0.2, 0.25) is 0 Å². The Morgan fingerprint density at radius 2 is 1.76 bits per heavy atom. The van der Waals surface area contributed by atoms with Crippen LogP contribution < -0.4 is 0 Å². The van der Waals surface area contributed by atoms with Crippen molar-refractivity contribution in [1.82, 2.24) is 0 Å². The van der Waals surface area contributed by atoms with Gasteiger partial charge in [0.15, 0.2) is 0 Å². The smallest absolute Gasteiger partial charge is 0.216 e. The lowest BCUT2D eigenvalue weighted by molar-refractivity contribution is -0.0698. The summed E-state index contributed by atoms with van der Waals surface area (Å²) < 4.78 is 7.75. The summed E-state index contributed by atoms with van der Waals surface area (Å²) in [7, 11) is 0. The maximum Gasteiger partial charge on any atom is 0.216 e. The fraction of sp³-hybridized carbons (Fsp3) is 0.690. The second-order valence-electron chi connectivity index (χ2n) is 12.0. The van der Waals surface area contributed by atoms with Gasteiger partial charge in [-0.1, -0.05) is 41.4 Å². The van der Waals surface area contributed by atoms with Crippen LogP contribution in [0.25, 0.3) is 0 Å². The van der Waals surface area contributed by atoms with E-state index >= 15 is 0 Å². The lowest BCUT2D eigenvalue weighted by Gasteiger charge is -2.58. The topological polar surface area (TPSA) is 41.8 Å². The molecule has 33 heavy (non-hydrogen) atoms. The number of aliphatic hydroxyl groups is 1. The molecular formula is C29H38BrNO2. The quantitative estimate of drug-likeness (QED) is 0.437. The molecular weight excluding hydrogens is 474 g/mol. The average molecular weight is 513 g/mol. The number of fused-ring (bicyclic) bond motifs is 5. The summed E-state index contributed by atoms with van der Waals surface area (Å²) >= 11 is 3.54. The number of aliphatic hydroxyl groups excluding tert-OH is 1. The van der Waals surface area contributed by atoms with Gasteiger partial charge in [-0.3, -0.25) is 4.99 Å². The third kappa shape index (κ3) is 3.57. The monoisotopic (exact) mass is 511 g/mol. The third-order valence-corrected chi connectivity index (χ3v) is 11.2. The molecule has 6 rings (SSSR count). The summed E-state index contributed by atoms with van der Waals surface area (Å²) in [5.41, 5.74) is 3.38. The summed E-state index contributed by atoms with van der Waals surface area (Å²) in [4.78, 5) is 4.75. The van der Waals surface area contributed by atoms with E-state index in [2.05, 4.69) is 60.1 Å². The Morgan fingerprint density at radius 3 is 2.58 bits per heavy atom. The number of ether oxygens (including phenoxy) is 1. The van der Waals surface area contributed by atoms with E-state index in [-0.39, 0.29) is 6.10 Å². The molecule has 5 aliphatic rings. The number of aliphatic imine (C=N–C) groups is 1. The molecule has 0 saturated heterocycles. The van der Waals surface area contributed by atoms with Crippen molar-refractivity contribution >= 4 is 21.8 Å².